The number of hydrogen-bond acceptors (Lipinski definition) is 2. The molecule has 1 rings (SSSR count). The van der Waals surface area contributed by atoms with E-state index in [-0.39, 0.29) is 12.0 Å². The molecule has 0 atom stereocenters. The summed E-state index contributed by atoms with van der Waals surface area (Å²) < 4.78 is 0. The number of guanidine groups is 1. The molecular formula is C6H12N4O. The zero-order valence-corrected chi connectivity index (χ0v) is 6.26. The molecule has 0 unspecified atom stereocenters. The fourth-order valence-electron chi connectivity index (χ4n) is 1.11. The van der Waals surface area contributed by atoms with E-state index in [0.717, 1.165) is 25.9 Å². The molecule has 0 radical (unpaired) electrons. The Bertz CT molecular complexity index is 173. The highest BCUT2D eigenvalue weighted by molar-refractivity contribution is 5.93. The van der Waals surface area contributed by atoms with Crippen LogP contribution in [0.4, 0.5) is 4.79 Å². The number of amides is 2. The Morgan fingerprint density at radius 1 is 1.45 bits per heavy atom. The number of carbonyl (C=O) groups is 1. The maximum atomic E-state index is 11.0. The van der Waals surface area contributed by atoms with E-state index in [4.69, 9.17) is 11.1 Å². The van der Waals surface area contributed by atoms with Gasteiger partial charge in [-0.2, -0.15) is 0 Å². The fourth-order valence-corrected chi connectivity index (χ4v) is 1.11. The fraction of sp³-hybridized carbons (Fsp3) is 0.667. The summed E-state index contributed by atoms with van der Waals surface area (Å²) in [7, 11) is 0. The second kappa shape index (κ2) is 3.23. The highest BCUT2D eigenvalue weighted by Gasteiger charge is 2.17. The minimum absolute atomic E-state index is 0.255. The van der Waals surface area contributed by atoms with E-state index in [1.165, 1.54) is 0 Å². The summed E-state index contributed by atoms with van der Waals surface area (Å²) in [6, 6.07) is -0.255. The van der Waals surface area contributed by atoms with Gasteiger partial charge in [0, 0.05) is 13.1 Å². The Morgan fingerprint density at radius 3 is 2.45 bits per heavy atom. The highest BCUT2D eigenvalue weighted by Crippen LogP contribution is 2.06. The maximum absolute atomic E-state index is 11.0. The lowest BCUT2D eigenvalue weighted by atomic mass is 10.4. The van der Waals surface area contributed by atoms with Crippen molar-refractivity contribution in [2.45, 2.75) is 12.8 Å². The van der Waals surface area contributed by atoms with Crippen LogP contribution in [0.2, 0.25) is 0 Å². The smallest absolute Gasteiger partial charge is 0.324 e. The first-order valence-electron chi connectivity index (χ1n) is 3.60. The average Bonchev–Trinajstić information content (AvgIpc) is 2.35. The predicted octanol–water partition coefficient (Wildman–Crippen LogP) is -0.315. The number of nitrogens with two attached hydrogens (primary N) is 1. The van der Waals surface area contributed by atoms with Crippen molar-refractivity contribution in [1.82, 2.24) is 10.2 Å². The summed E-state index contributed by atoms with van der Waals surface area (Å²) in [4.78, 5) is 12.7. The largest absolute Gasteiger partial charge is 0.370 e. The third-order valence-electron chi connectivity index (χ3n) is 1.63. The van der Waals surface area contributed by atoms with Gasteiger partial charge in [0.15, 0.2) is 5.96 Å². The van der Waals surface area contributed by atoms with Gasteiger partial charge in [-0.1, -0.05) is 0 Å². The molecule has 5 heteroatoms. The van der Waals surface area contributed by atoms with Crippen molar-refractivity contribution >= 4 is 12.0 Å². The van der Waals surface area contributed by atoms with Crippen LogP contribution in [0.3, 0.4) is 0 Å². The Kier molecular flexibility index (Phi) is 2.30. The number of hydrogen-bond donors (Lipinski definition) is 3. The topological polar surface area (TPSA) is 82.2 Å². The number of nitrogens with one attached hydrogen (secondary N) is 2. The molecule has 1 aliphatic heterocycles. The minimum atomic E-state index is -0.290. The molecule has 0 aromatic heterocycles. The summed E-state index contributed by atoms with van der Waals surface area (Å²) in [5.41, 5.74) is 4.99. The van der Waals surface area contributed by atoms with Crippen LogP contribution in [0.5, 0.6) is 0 Å². The molecule has 0 aliphatic carbocycles. The van der Waals surface area contributed by atoms with Crippen LogP contribution in [0.15, 0.2) is 0 Å². The second-order valence-corrected chi connectivity index (χ2v) is 2.54. The molecule has 0 aromatic rings. The molecular weight excluding hydrogens is 144 g/mol. The normalized spacial score (nSPS) is 16.5. The van der Waals surface area contributed by atoms with Crippen molar-refractivity contribution in [3.05, 3.63) is 0 Å². The van der Waals surface area contributed by atoms with Gasteiger partial charge in [-0.05, 0) is 12.8 Å². The van der Waals surface area contributed by atoms with Crippen LogP contribution in [0.25, 0.3) is 0 Å². The molecule has 62 valence electrons. The molecule has 0 spiro atoms. The van der Waals surface area contributed by atoms with Gasteiger partial charge in [0.2, 0.25) is 0 Å². The van der Waals surface area contributed by atoms with Crippen LogP contribution in [-0.4, -0.2) is 30.0 Å². The Labute approximate surface area is 65.1 Å². The quantitative estimate of drug-likeness (QED) is 0.332. The van der Waals surface area contributed by atoms with E-state index in [1.54, 1.807) is 4.90 Å². The summed E-state index contributed by atoms with van der Waals surface area (Å²) in [5.74, 6) is -0.290. The molecule has 4 N–H and O–H groups in total. The molecule has 5 nitrogen and oxygen atoms in total. The molecule has 1 saturated heterocycles. The molecule has 1 heterocycles. The predicted molar refractivity (Wildman–Crippen MR) is 41.3 cm³/mol. The number of rotatable bonds is 0. The van der Waals surface area contributed by atoms with Gasteiger partial charge in [0.25, 0.3) is 0 Å². The van der Waals surface area contributed by atoms with Crippen molar-refractivity contribution in [3.63, 3.8) is 0 Å². The van der Waals surface area contributed by atoms with Gasteiger partial charge in [-0.15, -0.1) is 0 Å². The molecule has 0 aromatic carbocycles. The van der Waals surface area contributed by atoms with Gasteiger partial charge in [-0.25, -0.2) is 4.79 Å². The SMILES string of the molecule is N=C(N)NC(=O)N1CCCC1. The van der Waals surface area contributed by atoms with E-state index in [0.29, 0.717) is 0 Å². The van der Waals surface area contributed by atoms with Gasteiger partial charge in [0.1, 0.15) is 0 Å². The first-order valence-corrected chi connectivity index (χ1v) is 3.60. The van der Waals surface area contributed by atoms with E-state index >= 15 is 0 Å². The van der Waals surface area contributed by atoms with E-state index in [1.807, 2.05) is 0 Å². The summed E-state index contributed by atoms with van der Waals surface area (Å²) >= 11 is 0. The zero-order chi connectivity index (χ0) is 8.27. The van der Waals surface area contributed by atoms with Crippen LogP contribution < -0.4 is 11.1 Å². The van der Waals surface area contributed by atoms with Crippen molar-refractivity contribution < 1.29 is 4.79 Å². The lowest BCUT2D eigenvalue weighted by molar-refractivity contribution is 0.214. The summed E-state index contributed by atoms with van der Waals surface area (Å²) in [6.45, 7) is 1.55. The van der Waals surface area contributed by atoms with Gasteiger partial charge >= 0.3 is 6.03 Å². The molecule has 0 saturated carbocycles. The van der Waals surface area contributed by atoms with E-state index < -0.39 is 0 Å². The number of urea groups is 1. The molecule has 2 amide bonds. The Morgan fingerprint density at radius 2 is 2.00 bits per heavy atom. The van der Waals surface area contributed by atoms with Crippen molar-refractivity contribution in [2.75, 3.05) is 13.1 Å². The number of carbonyl (C=O) groups excluding carboxylic acids is 1. The third kappa shape index (κ3) is 2.10. The molecule has 1 aliphatic rings. The lowest BCUT2D eigenvalue weighted by Gasteiger charge is -2.14. The Balaban J connectivity index is 2.34. The van der Waals surface area contributed by atoms with Crippen LogP contribution in [-0.2, 0) is 0 Å². The van der Waals surface area contributed by atoms with Gasteiger partial charge in [0.05, 0.1) is 0 Å². The van der Waals surface area contributed by atoms with E-state index in [9.17, 15) is 4.79 Å². The van der Waals surface area contributed by atoms with Crippen LogP contribution in [0, 0.1) is 5.41 Å². The number of likely N-dealkylation sites (tertiary alicyclic amines) is 1. The first kappa shape index (κ1) is 7.84. The van der Waals surface area contributed by atoms with Gasteiger partial charge in [-0.3, -0.25) is 10.7 Å². The monoisotopic (exact) mass is 156 g/mol. The zero-order valence-electron chi connectivity index (χ0n) is 6.26. The second-order valence-electron chi connectivity index (χ2n) is 2.54. The Hall–Kier alpha value is -1.26. The molecule has 11 heavy (non-hydrogen) atoms. The van der Waals surface area contributed by atoms with Crippen molar-refractivity contribution in [1.29, 1.82) is 5.41 Å². The lowest BCUT2D eigenvalue weighted by Crippen LogP contribution is -2.44. The van der Waals surface area contributed by atoms with E-state index in [2.05, 4.69) is 5.32 Å². The summed E-state index contributed by atoms with van der Waals surface area (Å²) in [6.07, 6.45) is 2.09. The maximum Gasteiger partial charge on any atom is 0.324 e. The first-order chi connectivity index (χ1) is 5.20. The van der Waals surface area contributed by atoms with Crippen molar-refractivity contribution in [3.8, 4) is 0 Å². The molecule has 0 bridgehead atoms. The third-order valence-corrected chi connectivity index (χ3v) is 1.63. The standard InChI is InChI=1S/C6H12N4O/c7-5(8)9-6(11)10-3-1-2-4-10/h1-4H2,(H4,7,8,9,11). The average molecular weight is 156 g/mol. The van der Waals surface area contributed by atoms with Crippen LogP contribution in [0.1, 0.15) is 12.8 Å². The highest BCUT2D eigenvalue weighted by atomic mass is 16.2. The van der Waals surface area contributed by atoms with Crippen LogP contribution >= 0.6 is 0 Å². The number of nitrogens with zero attached hydrogens (tertiary/aromatic N) is 1. The van der Waals surface area contributed by atoms with Crippen molar-refractivity contribution in [2.24, 2.45) is 5.73 Å². The summed E-state index contributed by atoms with van der Waals surface area (Å²) in [5, 5.41) is 9.04. The van der Waals surface area contributed by atoms with Gasteiger partial charge < -0.3 is 10.6 Å². The molecule has 1 fully saturated rings. The minimum Gasteiger partial charge on any atom is -0.370 e.